The molecule has 0 bridgehead atoms. The minimum atomic E-state index is -0.166. The van der Waals surface area contributed by atoms with Gasteiger partial charge in [-0.1, -0.05) is 0 Å². The van der Waals surface area contributed by atoms with Crippen molar-refractivity contribution in [3.63, 3.8) is 0 Å². The van der Waals surface area contributed by atoms with E-state index in [1.165, 1.54) is 6.07 Å². The van der Waals surface area contributed by atoms with Crippen LogP contribution >= 0.6 is 0 Å². The van der Waals surface area contributed by atoms with E-state index >= 15 is 0 Å². The molecule has 0 spiro atoms. The largest absolute Gasteiger partial charge is 0.493 e. The van der Waals surface area contributed by atoms with Crippen LogP contribution in [0.15, 0.2) is 23.1 Å². The van der Waals surface area contributed by atoms with Crippen molar-refractivity contribution in [3.05, 3.63) is 34.4 Å². The Morgan fingerprint density at radius 2 is 2.21 bits per heavy atom. The van der Waals surface area contributed by atoms with Crippen LogP contribution in [-0.2, 0) is 0 Å². The second-order valence-electron chi connectivity index (χ2n) is 2.96. The van der Waals surface area contributed by atoms with Crippen molar-refractivity contribution in [1.82, 2.24) is 15.0 Å². The summed E-state index contributed by atoms with van der Waals surface area (Å²) in [7, 11) is 0. The summed E-state index contributed by atoms with van der Waals surface area (Å²) < 4.78 is 0. The predicted octanol–water partition coefficient (Wildman–Crippen LogP) is 0.779. The minimum absolute atomic E-state index is 0.0474. The van der Waals surface area contributed by atoms with Gasteiger partial charge < -0.3 is 15.1 Å². The first-order valence-corrected chi connectivity index (χ1v) is 4.11. The van der Waals surface area contributed by atoms with Gasteiger partial charge in [0, 0.05) is 17.8 Å². The zero-order chi connectivity index (χ0) is 10.1. The number of aromatic amines is 2. The lowest BCUT2D eigenvalue weighted by Crippen LogP contribution is -2.01. The summed E-state index contributed by atoms with van der Waals surface area (Å²) in [5, 5.41) is 9.27. The van der Waals surface area contributed by atoms with Gasteiger partial charge in [0.1, 0.15) is 5.82 Å². The quantitative estimate of drug-likeness (QED) is 0.623. The number of rotatable bonds is 1. The van der Waals surface area contributed by atoms with Crippen molar-refractivity contribution < 1.29 is 5.11 Å². The summed E-state index contributed by atoms with van der Waals surface area (Å²) in [6, 6.07) is 3.04. The molecule has 2 heterocycles. The molecule has 3 N–H and O–H groups in total. The molecule has 14 heavy (non-hydrogen) atoms. The van der Waals surface area contributed by atoms with Gasteiger partial charge in [-0.3, -0.25) is 4.79 Å². The van der Waals surface area contributed by atoms with Crippen molar-refractivity contribution in [2.45, 2.75) is 6.92 Å². The Morgan fingerprint density at radius 3 is 2.71 bits per heavy atom. The Kier molecular flexibility index (Phi) is 1.85. The third kappa shape index (κ3) is 1.39. The molecule has 5 nitrogen and oxygen atoms in total. The SMILES string of the molecule is Cc1nc(-c2ccc(=O)[nH]c2)[nH]c1O. The molecule has 0 aromatic carbocycles. The highest BCUT2D eigenvalue weighted by atomic mass is 16.3. The molecule has 0 aliphatic rings. The maximum atomic E-state index is 10.8. The van der Waals surface area contributed by atoms with Crippen LogP contribution in [0, 0.1) is 6.92 Å². The van der Waals surface area contributed by atoms with E-state index in [1.54, 1.807) is 19.2 Å². The van der Waals surface area contributed by atoms with Gasteiger partial charge in [-0.05, 0) is 13.0 Å². The van der Waals surface area contributed by atoms with Gasteiger partial charge in [-0.25, -0.2) is 4.98 Å². The molecule has 0 radical (unpaired) electrons. The Hall–Kier alpha value is -2.04. The van der Waals surface area contributed by atoms with Gasteiger partial charge in [-0.2, -0.15) is 0 Å². The van der Waals surface area contributed by atoms with Crippen LogP contribution in [0.1, 0.15) is 5.69 Å². The molecular weight excluding hydrogens is 182 g/mol. The van der Waals surface area contributed by atoms with Crippen LogP contribution in [0.25, 0.3) is 11.4 Å². The van der Waals surface area contributed by atoms with Crippen LogP contribution in [0.3, 0.4) is 0 Å². The number of nitrogens with one attached hydrogen (secondary N) is 2. The van der Waals surface area contributed by atoms with Crippen molar-refractivity contribution in [3.8, 4) is 17.3 Å². The predicted molar refractivity (Wildman–Crippen MR) is 51.0 cm³/mol. The van der Waals surface area contributed by atoms with Gasteiger partial charge in [0.15, 0.2) is 0 Å². The normalized spacial score (nSPS) is 10.4. The van der Waals surface area contributed by atoms with E-state index < -0.39 is 0 Å². The summed E-state index contributed by atoms with van der Waals surface area (Å²) in [6.07, 6.45) is 1.54. The zero-order valence-electron chi connectivity index (χ0n) is 7.53. The van der Waals surface area contributed by atoms with Gasteiger partial charge in [0.25, 0.3) is 0 Å². The monoisotopic (exact) mass is 191 g/mol. The number of aromatic nitrogens is 3. The molecule has 2 rings (SSSR count). The van der Waals surface area contributed by atoms with Crippen molar-refractivity contribution in [1.29, 1.82) is 0 Å². The van der Waals surface area contributed by atoms with Crippen LogP contribution in [-0.4, -0.2) is 20.1 Å². The molecule has 0 aliphatic carbocycles. The topological polar surface area (TPSA) is 81.8 Å². The Morgan fingerprint density at radius 1 is 1.43 bits per heavy atom. The fourth-order valence-corrected chi connectivity index (χ4v) is 1.15. The van der Waals surface area contributed by atoms with Gasteiger partial charge in [0.05, 0.1) is 5.69 Å². The Bertz CT molecular complexity index is 473. The lowest BCUT2D eigenvalue weighted by Gasteiger charge is -1.93. The maximum absolute atomic E-state index is 10.8. The maximum Gasteiger partial charge on any atom is 0.247 e. The Labute approximate surface area is 79.5 Å². The standard InChI is InChI=1S/C9H9N3O2/c1-5-9(14)12-8(11-5)6-2-3-7(13)10-4-6/h2-4,14H,1H3,(H,10,13)(H,11,12). The summed E-state index contributed by atoms with van der Waals surface area (Å²) in [5.74, 6) is 0.586. The highest BCUT2D eigenvalue weighted by Gasteiger charge is 2.06. The molecule has 72 valence electrons. The summed E-state index contributed by atoms with van der Waals surface area (Å²) >= 11 is 0. The number of hydrogen-bond acceptors (Lipinski definition) is 3. The second-order valence-corrected chi connectivity index (χ2v) is 2.96. The Balaban J connectivity index is 2.49. The molecule has 5 heteroatoms. The van der Waals surface area contributed by atoms with E-state index in [4.69, 9.17) is 0 Å². The number of aromatic hydroxyl groups is 1. The third-order valence-corrected chi connectivity index (χ3v) is 1.92. The van der Waals surface area contributed by atoms with Gasteiger partial charge in [0.2, 0.25) is 11.4 Å². The van der Waals surface area contributed by atoms with Crippen LogP contribution in [0.4, 0.5) is 0 Å². The average Bonchev–Trinajstić information content (AvgIpc) is 2.48. The van der Waals surface area contributed by atoms with E-state index in [0.717, 1.165) is 5.56 Å². The number of nitrogens with zero attached hydrogens (tertiary/aromatic N) is 1. The lowest BCUT2D eigenvalue weighted by molar-refractivity contribution is 0.452. The first-order valence-electron chi connectivity index (χ1n) is 4.11. The summed E-state index contributed by atoms with van der Waals surface area (Å²) in [4.78, 5) is 20.1. The van der Waals surface area contributed by atoms with Crippen molar-refractivity contribution in [2.75, 3.05) is 0 Å². The highest BCUT2D eigenvalue weighted by molar-refractivity contribution is 5.54. The van der Waals surface area contributed by atoms with Crippen molar-refractivity contribution >= 4 is 0 Å². The first kappa shape index (κ1) is 8.55. The number of aryl methyl sites for hydroxylation is 1. The smallest absolute Gasteiger partial charge is 0.247 e. The van der Waals surface area contributed by atoms with E-state index in [9.17, 15) is 9.90 Å². The molecule has 0 saturated heterocycles. The van der Waals surface area contributed by atoms with E-state index in [-0.39, 0.29) is 11.4 Å². The molecule has 2 aromatic rings. The van der Waals surface area contributed by atoms with E-state index in [0.29, 0.717) is 11.5 Å². The first-order chi connectivity index (χ1) is 6.66. The number of imidazole rings is 1. The summed E-state index contributed by atoms with van der Waals surface area (Å²) in [6.45, 7) is 1.70. The molecule has 0 atom stereocenters. The zero-order valence-corrected chi connectivity index (χ0v) is 7.53. The van der Waals surface area contributed by atoms with Crippen LogP contribution < -0.4 is 5.56 Å². The van der Waals surface area contributed by atoms with Crippen LogP contribution in [0.5, 0.6) is 5.88 Å². The number of hydrogen-bond donors (Lipinski definition) is 3. The fraction of sp³-hybridized carbons (Fsp3) is 0.111. The molecule has 0 unspecified atom stereocenters. The van der Waals surface area contributed by atoms with Crippen LogP contribution in [0.2, 0.25) is 0 Å². The second kappa shape index (κ2) is 3.02. The van der Waals surface area contributed by atoms with E-state index in [1.807, 2.05) is 0 Å². The molecule has 0 fully saturated rings. The molecule has 0 saturated carbocycles. The fourth-order valence-electron chi connectivity index (χ4n) is 1.15. The third-order valence-electron chi connectivity index (χ3n) is 1.92. The van der Waals surface area contributed by atoms with Crippen molar-refractivity contribution in [2.24, 2.45) is 0 Å². The lowest BCUT2D eigenvalue weighted by atomic mass is 10.3. The molecular formula is C9H9N3O2. The average molecular weight is 191 g/mol. The molecule has 0 amide bonds. The minimum Gasteiger partial charge on any atom is -0.493 e. The van der Waals surface area contributed by atoms with Gasteiger partial charge >= 0.3 is 0 Å². The molecule has 0 aliphatic heterocycles. The summed E-state index contributed by atoms with van der Waals surface area (Å²) in [5.41, 5.74) is 1.10. The number of pyridine rings is 1. The highest BCUT2D eigenvalue weighted by Crippen LogP contribution is 2.19. The van der Waals surface area contributed by atoms with E-state index in [2.05, 4.69) is 15.0 Å². The molecule has 2 aromatic heterocycles. The van der Waals surface area contributed by atoms with Gasteiger partial charge in [-0.15, -0.1) is 0 Å². The number of H-pyrrole nitrogens is 2.